The highest BCUT2D eigenvalue weighted by Gasteiger charge is 2.38. The Hall–Kier alpha value is -1.43. The number of hydrogen-bond donors (Lipinski definition) is 2. The van der Waals surface area contributed by atoms with Gasteiger partial charge >= 0.3 is 0 Å². The zero-order chi connectivity index (χ0) is 15.9. The lowest BCUT2D eigenvalue weighted by Crippen LogP contribution is -2.57. The van der Waals surface area contributed by atoms with Crippen molar-refractivity contribution in [2.75, 3.05) is 0 Å². The minimum atomic E-state index is -3.70. The van der Waals surface area contributed by atoms with E-state index >= 15 is 0 Å². The summed E-state index contributed by atoms with van der Waals surface area (Å²) in [6, 6.07) is 12.6. The summed E-state index contributed by atoms with van der Waals surface area (Å²) in [4.78, 5) is 0.193. The molecule has 21 heavy (non-hydrogen) atoms. The van der Waals surface area contributed by atoms with E-state index in [-0.39, 0.29) is 4.90 Å². The molecule has 2 rings (SSSR count). The SMILES string of the molecule is CC(C)(O)C(C)(C)NS(=O)(=O)c1ccc2ccccc2c1. The topological polar surface area (TPSA) is 66.4 Å². The summed E-state index contributed by atoms with van der Waals surface area (Å²) in [7, 11) is -3.70. The molecule has 2 aromatic carbocycles. The fourth-order valence-electron chi connectivity index (χ4n) is 1.85. The summed E-state index contributed by atoms with van der Waals surface area (Å²) in [5.74, 6) is 0. The Bertz CT molecular complexity index is 758. The van der Waals surface area contributed by atoms with E-state index < -0.39 is 21.2 Å². The monoisotopic (exact) mass is 307 g/mol. The van der Waals surface area contributed by atoms with Gasteiger partial charge in [0.1, 0.15) is 0 Å². The predicted octanol–water partition coefficient (Wildman–Crippen LogP) is 2.67. The van der Waals surface area contributed by atoms with E-state index in [1.54, 1.807) is 45.9 Å². The normalized spacial score (nSPS) is 13.6. The van der Waals surface area contributed by atoms with Crippen LogP contribution in [0.3, 0.4) is 0 Å². The molecule has 0 unspecified atom stereocenters. The molecular formula is C16H21NO3S. The third-order valence-corrected chi connectivity index (χ3v) is 5.60. The molecule has 5 heteroatoms. The Labute approximate surface area is 125 Å². The first kappa shape index (κ1) is 15.9. The number of aliphatic hydroxyl groups is 1. The first-order chi connectivity index (χ1) is 9.53. The molecule has 4 nitrogen and oxygen atoms in total. The Morgan fingerprint density at radius 1 is 0.952 bits per heavy atom. The van der Waals surface area contributed by atoms with Gasteiger partial charge in [-0.05, 0) is 50.6 Å². The van der Waals surface area contributed by atoms with Gasteiger partial charge in [0.2, 0.25) is 10.0 Å². The van der Waals surface area contributed by atoms with Crippen LogP contribution < -0.4 is 4.72 Å². The van der Waals surface area contributed by atoms with Crippen molar-refractivity contribution in [1.29, 1.82) is 0 Å². The molecule has 0 atom stereocenters. The molecule has 0 saturated heterocycles. The van der Waals surface area contributed by atoms with Crippen LogP contribution in [0.15, 0.2) is 47.4 Å². The lowest BCUT2D eigenvalue weighted by molar-refractivity contribution is 0.00639. The van der Waals surface area contributed by atoms with Crippen LogP contribution in [-0.2, 0) is 10.0 Å². The second-order valence-electron chi connectivity index (χ2n) is 6.30. The van der Waals surface area contributed by atoms with Gasteiger partial charge in [-0.25, -0.2) is 13.1 Å². The van der Waals surface area contributed by atoms with E-state index in [4.69, 9.17) is 0 Å². The van der Waals surface area contributed by atoms with Gasteiger partial charge in [0.15, 0.2) is 0 Å². The molecule has 0 heterocycles. The molecular weight excluding hydrogens is 286 g/mol. The lowest BCUT2D eigenvalue weighted by Gasteiger charge is -2.37. The van der Waals surface area contributed by atoms with Crippen LogP contribution in [0.2, 0.25) is 0 Å². The molecule has 0 bridgehead atoms. The average molecular weight is 307 g/mol. The summed E-state index contributed by atoms with van der Waals surface area (Å²) in [6.45, 7) is 6.48. The number of nitrogens with one attached hydrogen (secondary N) is 1. The summed E-state index contributed by atoms with van der Waals surface area (Å²) in [6.07, 6.45) is 0. The van der Waals surface area contributed by atoms with Crippen LogP contribution in [0.4, 0.5) is 0 Å². The maximum atomic E-state index is 12.5. The fourth-order valence-corrected chi connectivity index (χ4v) is 3.42. The fraction of sp³-hybridized carbons (Fsp3) is 0.375. The van der Waals surface area contributed by atoms with Crippen LogP contribution in [0.25, 0.3) is 10.8 Å². The third-order valence-electron chi connectivity index (χ3n) is 3.95. The summed E-state index contributed by atoms with van der Waals surface area (Å²) in [5, 5.41) is 11.9. The lowest BCUT2D eigenvalue weighted by atomic mass is 9.87. The molecule has 0 amide bonds. The second-order valence-corrected chi connectivity index (χ2v) is 7.98. The van der Waals surface area contributed by atoms with Gasteiger partial charge in [0.05, 0.1) is 16.0 Å². The average Bonchev–Trinajstić information content (AvgIpc) is 2.35. The van der Waals surface area contributed by atoms with Crippen LogP contribution in [0, 0.1) is 0 Å². The van der Waals surface area contributed by atoms with Crippen molar-refractivity contribution in [3.63, 3.8) is 0 Å². The third kappa shape index (κ3) is 3.26. The van der Waals surface area contributed by atoms with E-state index in [0.29, 0.717) is 0 Å². The quantitative estimate of drug-likeness (QED) is 0.912. The van der Waals surface area contributed by atoms with Gasteiger partial charge in [-0.3, -0.25) is 0 Å². The van der Waals surface area contributed by atoms with Crippen LogP contribution in [0.1, 0.15) is 27.7 Å². The van der Waals surface area contributed by atoms with E-state index in [1.807, 2.05) is 24.3 Å². The minimum absolute atomic E-state index is 0.193. The van der Waals surface area contributed by atoms with Crippen LogP contribution in [-0.4, -0.2) is 24.7 Å². The first-order valence-electron chi connectivity index (χ1n) is 6.78. The highest BCUT2D eigenvalue weighted by atomic mass is 32.2. The Kier molecular flexibility index (Phi) is 3.86. The molecule has 0 aliphatic carbocycles. The smallest absolute Gasteiger partial charge is 0.241 e. The molecule has 0 aromatic heterocycles. The highest BCUT2D eigenvalue weighted by molar-refractivity contribution is 7.89. The largest absolute Gasteiger partial charge is 0.389 e. The molecule has 2 N–H and O–H groups in total. The standard InChI is InChI=1S/C16H21NO3S/c1-15(2,16(3,4)18)17-21(19,20)14-10-9-12-7-5-6-8-13(12)11-14/h5-11,17-18H,1-4H3. The van der Waals surface area contributed by atoms with Crippen molar-refractivity contribution in [2.24, 2.45) is 0 Å². The molecule has 0 saturated carbocycles. The van der Waals surface area contributed by atoms with E-state index in [0.717, 1.165) is 10.8 Å². The van der Waals surface area contributed by atoms with Gasteiger partial charge in [0, 0.05) is 0 Å². The van der Waals surface area contributed by atoms with E-state index in [1.165, 1.54) is 0 Å². The molecule has 114 valence electrons. The number of rotatable bonds is 4. The van der Waals surface area contributed by atoms with Crippen LogP contribution >= 0.6 is 0 Å². The van der Waals surface area contributed by atoms with Gasteiger partial charge < -0.3 is 5.11 Å². The number of fused-ring (bicyclic) bond motifs is 1. The summed E-state index contributed by atoms with van der Waals surface area (Å²) in [5.41, 5.74) is -2.17. The molecule has 0 aliphatic rings. The van der Waals surface area contributed by atoms with Crippen molar-refractivity contribution in [2.45, 2.75) is 43.7 Å². The van der Waals surface area contributed by atoms with Crippen molar-refractivity contribution < 1.29 is 13.5 Å². The van der Waals surface area contributed by atoms with Crippen molar-refractivity contribution in [1.82, 2.24) is 4.72 Å². The van der Waals surface area contributed by atoms with Crippen molar-refractivity contribution in [3.8, 4) is 0 Å². The molecule has 0 radical (unpaired) electrons. The zero-order valence-corrected chi connectivity index (χ0v) is 13.5. The predicted molar refractivity (Wildman–Crippen MR) is 84.6 cm³/mol. The Balaban J connectivity index is 2.43. The molecule has 0 aliphatic heterocycles. The first-order valence-corrected chi connectivity index (χ1v) is 8.26. The number of hydrogen-bond acceptors (Lipinski definition) is 3. The van der Waals surface area contributed by atoms with Gasteiger partial charge in [0.25, 0.3) is 0 Å². The number of benzene rings is 2. The van der Waals surface area contributed by atoms with Crippen LogP contribution in [0.5, 0.6) is 0 Å². The second kappa shape index (κ2) is 5.09. The number of sulfonamides is 1. The maximum Gasteiger partial charge on any atom is 0.241 e. The molecule has 0 spiro atoms. The van der Waals surface area contributed by atoms with Crippen molar-refractivity contribution in [3.05, 3.63) is 42.5 Å². The summed E-state index contributed by atoms with van der Waals surface area (Å²) < 4.78 is 27.6. The molecule has 0 fully saturated rings. The molecule has 2 aromatic rings. The van der Waals surface area contributed by atoms with Gasteiger partial charge in [-0.15, -0.1) is 0 Å². The Morgan fingerprint density at radius 2 is 1.52 bits per heavy atom. The van der Waals surface area contributed by atoms with Gasteiger partial charge in [-0.2, -0.15) is 0 Å². The zero-order valence-electron chi connectivity index (χ0n) is 12.7. The summed E-state index contributed by atoms with van der Waals surface area (Å²) >= 11 is 0. The van der Waals surface area contributed by atoms with Gasteiger partial charge in [-0.1, -0.05) is 30.3 Å². The highest BCUT2D eigenvalue weighted by Crippen LogP contribution is 2.25. The van der Waals surface area contributed by atoms with Crippen molar-refractivity contribution >= 4 is 20.8 Å². The minimum Gasteiger partial charge on any atom is -0.389 e. The van der Waals surface area contributed by atoms with E-state index in [2.05, 4.69) is 4.72 Å². The maximum absolute atomic E-state index is 12.5. The Morgan fingerprint density at radius 3 is 2.10 bits per heavy atom. The van der Waals surface area contributed by atoms with E-state index in [9.17, 15) is 13.5 Å².